The summed E-state index contributed by atoms with van der Waals surface area (Å²) < 4.78 is 22.1. The average Bonchev–Trinajstić information content (AvgIpc) is 2.79. The molecule has 1 aliphatic rings. The fourth-order valence-corrected chi connectivity index (χ4v) is 2.05. The van der Waals surface area contributed by atoms with Gasteiger partial charge in [-0.1, -0.05) is 0 Å². The molecule has 1 rings (SSSR count). The van der Waals surface area contributed by atoms with E-state index in [0.29, 0.717) is 12.5 Å². The van der Waals surface area contributed by atoms with Crippen molar-refractivity contribution in [3.63, 3.8) is 0 Å². The van der Waals surface area contributed by atoms with Gasteiger partial charge in [-0.25, -0.2) is 8.42 Å². The Balaban J connectivity index is 2.31. The lowest BCUT2D eigenvalue weighted by atomic mass is 10.4. The van der Waals surface area contributed by atoms with Crippen LogP contribution in [0.1, 0.15) is 12.8 Å². The molecule has 86 valence electrons. The Labute approximate surface area is 87.6 Å². The average molecular weight is 235 g/mol. The molecule has 2 N–H and O–H groups in total. The molecule has 1 amide bonds. The van der Waals surface area contributed by atoms with Gasteiger partial charge in [0.15, 0.2) is 9.84 Å². The Hall–Kier alpha value is -1.11. The summed E-state index contributed by atoms with van der Waals surface area (Å²) in [5, 5.41) is 10.7. The standard InChI is InChI=1S/C8H13NO5S/c10-7(9-3-6-1-2-6)4-15(13,14)5-8(11)12/h6H,1-5H2,(H,9,10)(H,11,12). The first-order chi connectivity index (χ1) is 6.89. The molecular formula is C8H13NO5S. The molecule has 0 aromatic heterocycles. The molecule has 1 aliphatic carbocycles. The molecule has 0 atom stereocenters. The second kappa shape index (κ2) is 4.61. The van der Waals surface area contributed by atoms with Crippen LogP contribution in [-0.2, 0) is 19.4 Å². The van der Waals surface area contributed by atoms with Crippen LogP contribution in [-0.4, -0.2) is 43.5 Å². The smallest absolute Gasteiger partial charge is 0.318 e. The first-order valence-corrected chi connectivity index (χ1v) is 6.40. The zero-order valence-electron chi connectivity index (χ0n) is 8.10. The van der Waals surface area contributed by atoms with Gasteiger partial charge in [-0.2, -0.15) is 0 Å². The van der Waals surface area contributed by atoms with Crippen LogP contribution in [0.2, 0.25) is 0 Å². The van der Waals surface area contributed by atoms with Gasteiger partial charge in [-0.05, 0) is 18.8 Å². The summed E-state index contributed by atoms with van der Waals surface area (Å²) in [6.45, 7) is 0.488. The number of amides is 1. The molecule has 0 spiro atoms. The van der Waals surface area contributed by atoms with Crippen molar-refractivity contribution in [2.75, 3.05) is 18.1 Å². The molecule has 1 fully saturated rings. The molecule has 1 saturated carbocycles. The zero-order chi connectivity index (χ0) is 11.5. The quantitative estimate of drug-likeness (QED) is 0.615. The number of sulfone groups is 1. The van der Waals surface area contributed by atoms with E-state index in [9.17, 15) is 18.0 Å². The van der Waals surface area contributed by atoms with Gasteiger partial charge in [-0.3, -0.25) is 9.59 Å². The number of carbonyl (C=O) groups is 2. The van der Waals surface area contributed by atoms with Gasteiger partial charge in [0, 0.05) is 6.54 Å². The first kappa shape index (κ1) is 12.0. The highest BCUT2D eigenvalue weighted by atomic mass is 32.2. The predicted octanol–water partition coefficient (Wildman–Crippen LogP) is -0.988. The van der Waals surface area contributed by atoms with Gasteiger partial charge < -0.3 is 10.4 Å². The molecule has 0 saturated heterocycles. The van der Waals surface area contributed by atoms with Crippen LogP contribution in [0.15, 0.2) is 0 Å². The summed E-state index contributed by atoms with van der Waals surface area (Å²) in [5.41, 5.74) is 0. The van der Waals surface area contributed by atoms with E-state index in [-0.39, 0.29) is 0 Å². The highest BCUT2D eigenvalue weighted by Crippen LogP contribution is 2.27. The van der Waals surface area contributed by atoms with Crippen molar-refractivity contribution in [2.45, 2.75) is 12.8 Å². The SMILES string of the molecule is O=C(O)CS(=O)(=O)CC(=O)NCC1CC1. The van der Waals surface area contributed by atoms with E-state index in [1.165, 1.54) is 0 Å². The third-order valence-electron chi connectivity index (χ3n) is 1.98. The Bertz CT molecular complexity index is 357. The van der Waals surface area contributed by atoms with Gasteiger partial charge in [-0.15, -0.1) is 0 Å². The molecular weight excluding hydrogens is 222 g/mol. The molecule has 0 aliphatic heterocycles. The van der Waals surface area contributed by atoms with Crippen molar-refractivity contribution in [3.8, 4) is 0 Å². The Morgan fingerprint density at radius 1 is 1.27 bits per heavy atom. The molecule has 0 bridgehead atoms. The summed E-state index contributed by atoms with van der Waals surface area (Å²) >= 11 is 0. The summed E-state index contributed by atoms with van der Waals surface area (Å²) in [6, 6.07) is 0. The molecule has 7 heteroatoms. The van der Waals surface area contributed by atoms with Crippen LogP contribution in [0.3, 0.4) is 0 Å². The van der Waals surface area contributed by atoms with E-state index in [1.54, 1.807) is 0 Å². The number of hydrogen-bond donors (Lipinski definition) is 2. The van der Waals surface area contributed by atoms with E-state index < -0.39 is 33.2 Å². The number of carbonyl (C=O) groups excluding carboxylic acids is 1. The Morgan fingerprint density at radius 2 is 1.87 bits per heavy atom. The van der Waals surface area contributed by atoms with Crippen LogP contribution in [0.4, 0.5) is 0 Å². The Morgan fingerprint density at radius 3 is 2.33 bits per heavy atom. The number of aliphatic carboxylic acids is 1. The van der Waals surface area contributed by atoms with E-state index in [1.807, 2.05) is 0 Å². The van der Waals surface area contributed by atoms with Gasteiger partial charge >= 0.3 is 5.97 Å². The molecule has 0 radical (unpaired) electrons. The van der Waals surface area contributed by atoms with E-state index in [0.717, 1.165) is 12.8 Å². The highest BCUT2D eigenvalue weighted by molar-refractivity contribution is 7.92. The Kier molecular flexibility index (Phi) is 3.67. The number of rotatable bonds is 6. The van der Waals surface area contributed by atoms with Gasteiger partial charge in [0.05, 0.1) is 0 Å². The number of carboxylic acids is 1. The maximum atomic E-state index is 11.1. The summed E-state index contributed by atoms with van der Waals surface area (Å²) in [6.07, 6.45) is 2.12. The molecule has 6 nitrogen and oxygen atoms in total. The zero-order valence-corrected chi connectivity index (χ0v) is 8.92. The van der Waals surface area contributed by atoms with Crippen LogP contribution in [0.5, 0.6) is 0 Å². The highest BCUT2D eigenvalue weighted by Gasteiger charge is 2.24. The second-order valence-electron chi connectivity index (χ2n) is 3.67. The topological polar surface area (TPSA) is 101 Å². The predicted molar refractivity (Wildman–Crippen MR) is 52.0 cm³/mol. The maximum absolute atomic E-state index is 11.1. The van der Waals surface area contributed by atoms with Crippen molar-refractivity contribution >= 4 is 21.7 Å². The fraction of sp³-hybridized carbons (Fsp3) is 0.750. The van der Waals surface area contributed by atoms with Gasteiger partial charge in [0.25, 0.3) is 0 Å². The summed E-state index contributed by atoms with van der Waals surface area (Å²) in [4.78, 5) is 21.3. The summed E-state index contributed by atoms with van der Waals surface area (Å²) in [7, 11) is -3.82. The van der Waals surface area contributed by atoms with Crippen molar-refractivity contribution in [1.82, 2.24) is 5.32 Å². The minimum absolute atomic E-state index is 0.469. The number of hydrogen-bond acceptors (Lipinski definition) is 4. The van der Waals surface area contributed by atoms with Gasteiger partial charge in [0.2, 0.25) is 5.91 Å². The molecule has 0 aromatic carbocycles. The maximum Gasteiger partial charge on any atom is 0.318 e. The lowest BCUT2D eigenvalue weighted by Crippen LogP contribution is -2.33. The van der Waals surface area contributed by atoms with Gasteiger partial charge in [0.1, 0.15) is 11.5 Å². The molecule has 0 unspecified atom stereocenters. The van der Waals surface area contributed by atoms with Crippen LogP contribution >= 0.6 is 0 Å². The van der Waals surface area contributed by atoms with E-state index in [4.69, 9.17) is 5.11 Å². The van der Waals surface area contributed by atoms with Crippen LogP contribution < -0.4 is 5.32 Å². The van der Waals surface area contributed by atoms with E-state index in [2.05, 4.69) is 5.32 Å². The molecule has 0 heterocycles. The largest absolute Gasteiger partial charge is 0.480 e. The molecule has 0 aromatic rings. The lowest BCUT2D eigenvalue weighted by Gasteiger charge is -2.03. The number of nitrogens with one attached hydrogen (secondary N) is 1. The normalized spacial score (nSPS) is 16.0. The third kappa shape index (κ3) is 5.36. The first-order valence-electron chi connectivity index (χ1n) is 4.58. The fourth-order valence-electron chi connectivity index (χ4n) is 1.07. The van der Waals surface area contributed by atoms with Crippen molar-refractivity contribution in [2.24, 2.45) is 5.92 Å². The van der Waals surface area contributed by atoms with Crippen LogP contribution in [0, 0.1) is 5.92 Å². The van der Waals surface area contributed by atoms with E-state index >= 15 is 0 Å². The molecule has 15 heavy (non-hydrogen) atoms. The van der Waals surface area contributed by atoms with Crippen LogP contribution in [0.25, 0.3) is 0 Å². The minimum atomic E-state index is -3.82. The number of carboxylic acid groups (broad SMARTS) is 1. The van der Waals surface area contributed by atoms with Crippen molar-refractivity contribution < 1.29 is 23.1 Å². The summed E-state index contributed by atoms with van der Waals surface area (Å²) in [5.74, 6) is -3.33. The monoisotopic (exact) mass is 235 g/mol. The minimum Gasteiger partial charge on any atom is -0.480 e. The third-order valence-corrected chi connectivity index (χ3v) is 3.37. The van der Waals surface area contributed by atoms with Crippen molar-refractivity contribution in [3.05, 3.63) is 0 Å². The van der Waals surface area contributed by atoms with Crippen molar-refractivity contribution in [1.29, 1.82) is 0 Å². The lowest BCUT2D eigenvalue weighted by molar-refractivity contribution is -0.134. The second-order valence-corrected chi connectivity index (χ2v) is 5.74.